The Hall–Kier alpha value is -3.22. The topological polar surface area (TPSA) is 69.7 Å². The summed E-state index contributed by atoms with van der Waals surface area (Å²) < 4.78 is 13.9. The molecule has 0 aromatic heterocycles. The number of anilines is 1. The Balaban J connectivity index is 1.58. The van der Waals surface area contributed by atoms with E-state index in [1.165, 1.54) is 21.9 Å². The number of aryl methyl sites for hydroxylation is 1. The summed E-state index contributed by atoms with van der Waals surface area (Å²) in [4.78, 5) is 41.4. The van der Waals surface area contributed by atoms with Gasteiger partial charge in [-0.15, -0.1) is 0 Å². The van der Waals surface area contributed by atoms with Crippen LogP contribution in [0.15, 0.2) is 42.5 Å². The molecule has 0 bridgehead atoms. The van der Waals surface area contributed by atoms with Crippen LogP contribution in [0.4, 0.5) is 10.1 Å². The first-order valence-electron chi connectivity index (χ1n) is 9.68. The number of nitrogens with zero attached hydrogens (tertiary/aromatic N) is 2. The van der Waals surface area contributed by atoms with Gasteiger partial charge in [0.15, 0.2) is 0 Å². The molecule has 0 saturated carbocycles. The van der Waals surface area contributed by atoms with Crippen LogP contribution in [-0.4, -0.2) is 41.8 Å². The lowest BCUT2D eigenvalue weighted by atomic mass is 10.1. The first-order chi connectivity index (χ1) is 13.9. The van der Waals surface area contributed by atoms with Gasteiger partial charge in [0.2, 0.25) is 11.8 Å². The molecule has 1 fully saturated rings. The second-order valence-corrected chi connectivity index (χ2v) is 7.51. The van der Waals surface area contributed by atoms with E-state index in [9.17, 15) is 18.8 Å². The maximum Gasteiger partial charge on any atom is 0.256 e. The number of nitrogens with one attached hydrogen (secondary N) is 1. The minimum Gasteiger partial charge on any atom is -0.350 e. The van der Waals surface area contributed by atoms with E-state index in [1.54, 1.807) is 0 Å². The summed E-state index contributed by atoms with van der Waals surface area (Å²) in [5.74, 6) is -1.56. The van der Waals surface area contributed by atoms with Gasteiger partial charge in [0, 0.05) is 13.1 Å². The number of amides is 3. The van der Waals surface area contributed by atoms with Crippen LogP contribution in [0.5, 0.6) is 0 Å². The molecule has 2 aromatic carbocycles. The lowest BCUT2D eigenvalue weighted by Crippen LogP contribution is -2.48. The van der Waals surface area contributed by atoms with Crippen LogP contribution in [0.1, 0.15) is 34.3 Å². The van der Waals surface area contributed by atoms with E-state index in [0.717, 1.165) is 23.6 Å². The van der Waals surface area contributed by atoms with Gasteiger partial charge in [-0.2, -0.15) is 0 Å². The Labute approximate surface area is 168 Å². The number of hydrogen-bond acceptors (Lipinski definition) is 3. The summed E-state index contributed by atoms with van der Waals surface area (Å²) >= 11 is 0. The molecule has 1 atom stereocenters. The van der Waals surface area contributed by atoms with Crippen molar-refractivity contribution >= 4 is 23.4 Å². The molecule has 0 radical (unpaired) electrons. The number of carbonyl (C=O) groups is 3. The molecule has 2 aliphatic rings. The molecule has 1 saturated heterocycles. The van der Waals surface area contributed by atoms with Crippen molar-refractivity contribution in [3.05, 3.63) is 65.0 Å². The van der Waals surface area contributed by atoms with Crippen LogP contribution in [0, 0.1) is 12.7 Å². The molecule has 2 heterocycles. The fourth-order valence-electron chi connectivity index (χ4n) is 4.01. The fraction of sp³-hybridized carbons (Fsp3) is 0.318. The maximum atomic E-state index is 13.9. The molecule has 3 amide bonds. The van der Waals surface area contributed by atoms with E-state index in [0.29, 0.717) is 19.5 Å². The van der Waals surface area contributed by atoms with Crippen LogP contribution >= 0.6 is 0 Å². The van der Waals surface area contributed by atoms with E-state index in [-0.39, 0.29) is 35.5 Å². The summed E-state index contributed by atoms with van der Waals surface area (Å²) in [5.41, 5.74) is 2.43. The number of halogens is 1. The molecule has 2 aromatic rings. The normalized spacial score (nSPS) is 18.3. The predicted molar refractivity (Wildman–Crippen MR) is 106 cm³/mol. The van der Waals surface area contributed by atoms with E-state index >= 15 is 0 Å². The molecule has 7 heteroatoms. The van der Waals surface area contributed by atoms with Gasteiger partial charge >= 0.3 is 0 Å². The van der Waals surface area contributed by atoms with Gasteiger partial charge in [0.05, 0.1) is 11.3 Å². The molecule has 6 nitrogen and oxygen atoms in total. The van der Waals surface area contributed by atoms with E-state index in [4.69, 9.17) is 0 Å². The smallest absolute Gasteiger partial charge is 0.256 e. The number of carbonyl (C=O) groups excluding carboxylic acids is 3. The maximum absolute atomic E-state index is 13.9. The second kappa shape index (κ2) is 7.66. The third kappa shape index (κ3) is 3.72. The summed E-state index contributed by atoms with van der Waals surface area (Å²) in [6.07, 6.45) is 1.27. The summed E-state index contributed by atoms with van der Waals surface area (Å²) in [6.45, 7) is 2.52. The highest BCUT2D eigenvalue weighted by Crippen LogP contribution is 2.32. The largest absolute Gasteiger partial charge is 0.350 e. The van der Waals surface area contributed by atoms with Crippen LogP contribution in [0.2, 0.25) is 0 Å². The summed E-state index contributed by atoms with van der Waals surface area (Å²) in [7, 11) is 0. The minimum absolute atomic E-state index is 0.153. The third-order valence-electron chi connectivity index (χ3n) is 5.42. The van der Waals surface area contributed by atoms with Crippen LogP contribution in [0.25, 0.3) is 0 Å². The van der Waals surface area contributed by atoms with Crippen molar-refractivity contribution in [2.75, 3.05) is 18.0 Å². The van der Waals surface area contributed by atoms with Crippen molar-refractivity contribution in [3.8, 4) is 0 Å². The zero-order chi connectivity index (χ0) is 20.5. The van der Waals surface area contributed by atoms with E-state index in [1.807, 2.05) is 31.2 Å². The quantitative estimate of drug-likeness (QED) is 0.864. The number of fused-ring (bicyclic) bond motifs is 2. The van der Waals surface area contributed by atoms with Gasteiger partial charge in [-0.1, -0.05) is 29.8 Å². The Kier molecular flexibility index (Phi) is 5.05. The molecule has 2 aliphatic heterocycles. The minimum atomic E-state index is -0.609. The Morgan fingerprint density at radius 1 is 1.21 bits per heavy atom. The summed E-state index contributed by atoms with van der Waals surface area (Å²) in [5, 5.41) is 2.81. The van der Waals surface area contributed by atoms with Gasteiger partial charge in [0.25, 0.3) is 5.91 Å². The van der Waals surface area contributed by atoms with Gasteiger partial charge < -0.3 is 15.1 Å². The first-order valence-corrected chi connectivity index (χ1v) is 9.68. The van der Waals surface area contributed by atoms with Crippen LogP contribution in [-0.2, 0) is 16.1 Å². The van der Waals surface area contributed by atoms with Crippen molar-refractivity contribution in [1.29, 1.82) is 0 Å². The average Bonchev–Trinajstić information content (AvgIpc) is 3.17. The first kappa shape index (κ1) is 19.1. The predicted octanol–water partition coefficient (Wildman–Crippen LogP) is 2.40. The number of hydrogen-bond donors (Lipinski definition) is 1. The van der Waals surface area contributed by atoms with Gasteiger partial charge in [-0.3, -0.25) is 14.4 Å². The molecule has 0 spiro atoms. The third-order valence-corrected chi connectivity index (χ3v) is 5.42. The number of benzene rings is 2. The monoisotopic (exact) mass is 395 g/mol. The lowest BCUT2D eigenvalue weighted by Gasteiger charge is -2.25. The standard InChI is InChI=1S/C22H22FN3O3/c1-14-4-2-5-15(10-14)12-24-20(27)13-26-19-11-16(23)7-8-17(19)21(28)25-9-3-6-18(25)22(26)29/h2,4-5,7-8,10-11,18H,3,6,9,12-13H2,1H3,(H,24,27)/t18-/m1/s1. The molecule has 0 unspecified atom stereocenters. The van der Waals surface area contributed by atoms with Crippen molar-refractivity contribution in [2.24, 2.45) is 0 Å². The second-order valence-electron chi connectivity index (χ2n) is 7.51. The Bertz CT molecular complexity index is 991. The molecule has 4 rings (SSSR count). The zero-order valence-electron chi connectivity index (χ0n) is 16.2. The molecule has 0 aliphatic carbocycles. The van der Waals surface area contributed by atoms with Crippen molar-refractivity contribution in [2.45, 2.75) is 32.4 Å². The molecular formula is C22H22FN3O3. The highest BCUT2D eigenvalue weighted by molar-refractivity contribution is 6.12. The summed E-state index contributed by atoms with van der Waals surface area (Å²) in [6, 6.07) is 10.9. The molecule has 1 N–H and O–H groups in total. The lowest BCUT2D eigenvalue weighted by molar-refractivity contribution is -0.125. The van der Waals surface area contributed by atoms with Gasteiger partial charge in [-0.25, -0.2) is 4.39 Å². The highest BCUT2D eigenvalue weighted by Gasteiger charge is 2.42. The highest BCUT2D eigenvalue weighted by atomic mass is 19.1. The average molecular weight is 395 g/mol. The Morgan fingerprint density at radius 3 is 2.83 bits per heavy atom. The van der Waals surface area contributed by atoms with E-state index in [2.05, 4.69) is 5.32 Å². The van der Waals surface area contributed by atoms with Crippen molar-refractivity contribution < 1.29 is 18.8 Å². The van der Waals surface area contributed by atoms with Crippen LogP contribution < -0.4 is 10.2 Å². The zero-order valence-corrected chi connectivity index (χ0v) is 16.2. The fourth-order valence-corrected chi connectivity index (χ4v) is 4.01. The van der Waals surface area contributed by atoms with Crippen molar-refractivity contribution in [3.63, 3.8) is 0 Å². The van der Waals surface area contributed by atoms with Gasteiger partial charge in [0.1, 0.15) is 18.4 Å². The molecular weight excluding hydrogens is 373 g/mol. The van der Waals surface area contributed by atoms with Gasteiger partial charge in [-0.05, 0) is 43.5 Å². The Morgan fingerprint density at radius 2 is 2.03 bits per heavy atom. The molecule has 29 heavy (non-hydrogen) atoms. The van der Waals surface area contributed by atoms with E-state index < -0.39 is 11.9 Å². The SMILES string of the molecule is Cc1cccc(CNC(=O)CN2C(=O)[C@H]3CCCN3C(=O)c3ccc(F)cc32)c1. The van der Waals surface area contributed by atoms with Crippen molar-refractivity contribution in [1.82, 2.24) is 10.2 Å². The molecule has 150 valence electrons. The van der Waals surface area contributed by atoms with Crippen LogP contribution in [0.3, 0.4) is 0 Å². The number of rotatable bonds is 4.